The van der Waals surface area contributed by atoms with Crippen LogP contribution in [-0.2, 0) is 10.0 Å². The third-order valence-corrected chi connectivity index (χ3v) is 7.79. The highest BCUT2D eigenvalue weighted by Gasteiger charge is 2.31. The van der Waals surface area contributed by atoms with Gasteiger partial charge < -0.3 is 10.2 Å². The van der Waals surface area contributed by atoms with Gasteiger partial charge in [-0.05, 0) is 56.5 Å². The highest BCUT2D eigenvalue weighted by atomic mass is 32.2. The molecule has 32 heavy (non-hydrogen) atoms. The predicted molar refractivity (Wildman–Crippen MR) is 126 cm³/mol. The fraction of sp³-hybridized carbons (Fsp3) is 0.348. The summed E-state index contributed by atoms with van der Waals surface area (Å²) < 4.78 is 28.2. The number of sulfonamides is 1. The van der Waals surface area contributed by atoms with Crippen LogP contribution < -0.4 is 10.2 Å². The van der Waals surface area contributed by atoms with E-state index in [0.717, 1.165) is 33.9 Å². The van der Waals surface area contributed by atoms with E-state index in [4.69, 9.17) is 0 Å². The zero-order valence-corrected chi connectivity index (χ0v) is 19.6. The molecule has 4 rings (SSSR count). The van der Waals surface area contributed by atoms with Crippen LogP contribution in [0.4, 0.5) is 17.5 Å². The third kappa shape index (κ3) is 4.58. The zero-order valence-electron chi connectivity index (χ0n) is 18.8. The van der Waals surface area contributed by atoms with Crippen LogP contribution in [0.5, 0.6) is 0 Å². The number of hydrogen-bond donors (Lipinski definition) is 1. The molecule has 9 heteroatoms. The van der Waals surface area contributed by atoms with Crippen molar-refractivity contribution in [3.63, 3.8) is 0 Å². The number of aromatic nitrogens is 3. The molecule has 2 aromatic heterocycles. The first kappa shape index (κ1) is 22.2. The molecule has 0 spiro atoms. The minimum Gasteiger partial charge on any atom is -0.354 e. The van der Waals surface area contributed by atoms with Crippen molar-refractivity contribution < 1.29 is 8.42 Å². The number of aryl methyl sites for hydroxylation is 4. The number of hydrogen-bond acceptors (Lipinski definition) is 7. The molecule has 0 bridgehead atoms. The molecule has 1 fully saturated rings. The molecule has 1 saturated heterocycles. The molecule has 0 aliphatic carbocycles. The predicted octanol–water partition coefficient (Wildman–Crippen LogP) is 3.36. The standard InChI is InChI=1S/C23H28N6O2S/c1-16-5-6-24-20(13-16)27-21-14-22(26-15-25-21)28-7-9-29(10-8-28)32(30,31)23-18(3)11-17(2)12-19(23)4/h5-6,11-15H,7-10H2,1-4H3,(H,24,25,26,27). The lowest BCUT2D eigenvalue weighted by atomic mass is 10.1. The summed E-state index contributed by atoms with van der Waals surface area (Å²) in [5.74, 6) is 2.12. The fourth-order valence-corrected chi connectivity index (χ4v) is 6.02. The number of nitrogens with zero attached hydrogens (tertiary/aromatic N) is 5. The van der Waals surface area contributed by atoms with E-state index in [1.54, 1.807) is 10.5 Å². The Kier molecular flexibility index (Phi) is 6.12. The van der Waals surface area contributed by atoms with E-state index in [9.17, 15) is 8.42 Å². The minimum absolute atomic E-state index is 0.404. The van der Waals surface area contributed by atoms with E-state index in [-0.39, 0.29) is 0 Å². The van der Waals surface area contributed by atoms with Crippen molar-refractivity contribution in [1.29, 1.82) is 0 Å². The molecule has 0 atom stereocenters. The average Bonchev–Trinajstić information content (AvgIpc) is 2.73. The summed E-state index contributed by atoms with van der Waals surface area (Å²) in [6.07, 6.45) is 3.26. The summed E-state index contributed by atoms with van der Waals surface area (Å²) in [5.41, 5.74) is 3.76. The molecule has 168 valence electrons. The Morgan fingerprint density at radius 3 is 2.12 bits per heavy atom. The lowest BCUT2D eigenvalue weighted by Crippen LogP contribution is -2.49. The Morgan fingerprint density at radius 2 is 1.47 bits per heavy atom. The van der Waals surface area contributed by atoms with Gasteiger partial charge in [0.05, 0.1) is 4.90 Å². The number of anilines is 3. The summed E-state index contributed by atoms with van der Waals surface area (Å²) in [4.78, 5) is 15.5. The Hall–Kier alpha value is -3.04. The Bertz CT molecular complexity index is 1210. The summed E-state index contributed by atoms with van der Waals surface area (Å²) >= 11 is 0. The van der Waals surface area contributed by atoms with E-state index in [2.05, 4.69) is 25.2 Å². The van der Waals surface area contributed by atoms with Crippen molar-refractivity contribution in [3.05, 3.63) is 65.1 Å². The van der Waals surface area contributed by atoms with Crippen molar-refractivity contribution in [3.8, 4) is 0 Å². The summed E-state index contributed by atoms with van der Waals surface area (Å²) in [5, 5.41) is 3.20. The van der Waals surface area contributed by atoms with Crippen LogP contribution in [0.25, 0.3) is 0 Å². The number of benzene rings is 1. The van der Waals surface area contributed by atoms with Crippen LogP contribution in [0.2, 0.25) is 0 Å². The number of piperazine rings is 1. The van der Waals surface area contributed by atoms with Crippen LogP contribution in [0, 0.1) is 27.7 Å². The molecule has 1 aliphatic rings. The van der Waals surface area contributed by atoms with Gasteiger partial charge in [-0.15, -0.1) is 0 Å². The average molecular weight is 453 g/mol. The second-order valence-electron chi connectivity index (χ2n) is 8.22. The van der Waals surface area contributed by atoms with E-state index in [0.29, 0.717) is 36.9 Å². The molecule has 0 unspecified atom stereocenters. The maximum atomic E-state index is 13.3. The molecule has 0 radical (unpaired) electrons. The molecule has 8 nitrogen and oxygen atoms in total. The molecular formula is C23H28N6O2S. The quantitative estimate of drug-likeness (QED) is 0.635. The zero-order chi connectivity index (χ0) is 22.9. The molecule has 0 amide bonds. The van der Waals surface area contributed by atoms with E-state index < -0.39 is 10.0 Å². The smallest absolute Gasteiger partial charge is 0.243 e. The van der Waals surface area contributed by atoms with Crippen LogP contribution >= 0.6 is 0 Å². The second-order valence-corrected chi connectivity index (χ2v) is 10.1. The first-order chi connectivity index (χ1) is 15.2. The van der Waals surface area contributed by atoms with E-state index in [1.807, 2.05) is 58.0 Å². The Morgan fingerprint density at radius 1 is 0.812 bits per heavy atom. The maximum Gasteiger partial charge on any atom is 0.243 e. The van der Waals surface area contributed by atoms with Crippen molar-refractivity contribution in [2.45, 2.75) is 32.6 Å². The van der Waals surface area contributed by atoms with Gasteiger partial charge in [0, 0.05) is 38.4 Å². The fourth-order valence-electron chi connectivity index (χ4n) is 4.18. The monoisotopic (exact) mass is 452 g/mol. The van der Waals surface area contributed by atoms with Gasteiger partial charge in [0.1, 0.15) is 23.8 Å². The number of pyridine rings is 1. The summed E-state index contributed by atoms with van der Waals surface area (Å²) in [6.45, 7) is 9.64. The summed E-state index contributed by atoms with van der Waals surface area (Å²) in [6, 6.07) is 9.59. The van der Waals surface area contributed by atoms with Gasteiger partial charge in [-0.2, -0.15) is 4.31 Å². The van der Waals surface area contributed by atoms with Gasteiger partial charge in [-0.1, -0.05) is 17.7 Å². The molecule has 3 heterocycles. The van der Waals surface area contributed by atoms with Crippen LogP contribution in [-0.4, -0.2) is 53.9 Å². The lowest BCUT2D eigenvalue weighted by molar-refractivity contribution is 0.383. The Labute approximate surface area is 189 Å². The van der Waals surface area contributed by atoms with Gasteiger partial charge in [0.25, 0.3) is 0 Å². The topological polar surface area (TPSA) is 91.3 Å². The van der Waals surface area contributed by atoms with Crippen molar-refractivity contribution >= 4 is 27.5 Å². The minimum atomic E-state index is -3.55. The van der Waals surface area contributed by atoms with Gasteiger partial charge in [0.2, 0.25) is 10.0 Å². The largest absolute Gasteiger partial charge is 0.354 e. The van der Waals surface area contributed by atoms with Gasteiger partial charge in [0.15, 0.2) is 0 Å². The number of nitrogens with one attached hydrogen (secondary N) is 1. The third-order valence-electron chi connectivity index (χ3n) is 5.59. The first-order valence-corrected chi connectivity index (χ1v) is 12.0. The Balaban J connectivity index is 1.47. The SMILES string of the molecule is Cc1ccnc(Nc2cc(N3CCN(S(=O)(=O)c4c(C)cc(C)cc4C)CC3)ncn2)c1. The molecule has 1 aliphatic heterocycles. The van der Waals surface area contributed by atoms with Crippen molar-refractivity contribution in [2.75, 3.05) is 36.4 Å². The van der Waals surface area contributed by atoms with Crippen molar-refractivity contribution in [2.24, 2.45) is 0 Å². The van der Waals surface area contributed by atoms with E-state index in [1.165, 1.54) is 6.33 Å². The number of rotatable bonds is 5. The molecular weight excluding hydrogens is 424 g/mol. The van der Waals surface area contributed by atoms with Crippen molar-refractivity contribution in [1.82, 2.24) is 19.3 Å². The van der Waals surface area contributed by atoms with Gasteiger partial charge in [-0.3, -0.25) is 0 Å². The van der Waals surface area contributed by atoms with E-state index >= 15 is 0 Å². The maximum absolute atomic E-state index is 13.3. The second kappa shape index (κ2) is 8.84. The highest BCUT2D eigenvalue weighted by Crippen LogP contribution is 2.27. The summed E-state index contributed by atoms with van der Waals surface area (Å²) in [7, 11) is -3.55. The molecule has 0 saturated carbocycles. The van der Waals surface area contributed by atoms with Gasteiger partial charge in [-0.25, -0.2) is 23.4 Å². The molecule has 1 N–H and O–H groups in total. The lowest BCUT2D eigenvalue weighted by Gasteiger charge is -2.35. The van der Waals surface area contributed by atoms with Gasteiger partial charge >= 0.3 is 0 Å². The normalized spacial score (nSPS) is 15.1. The van der Waals surface area contributed by atoms with Crippen LogP contribution in [0.15, 0.2) is 47.8 Å². The van der Waals surface area contributed by atoms with Crippen LogP contribution in [0.3, 0.4) is 0 Å². The molecule has 3 aromatic rings. The highest BCUT2D eigenvalue weighted by molar-refractivity contribution is 7.89. The molecule has 1 aromatic carbocycles. The van der Waals surface area contributed by atoms with Crippen LogP contribution in [0.1, 0.15) is 22.3 Å². The first-order valence-electron chi connectivity index (χ1n) is 10.6.